The number of hydrogen-bond donors (Lipinski definition) is 3. The van der Waals surface area contributed by atoms with E-state index in [0.29, 0.717) is 13.0 Å². The van der Waals surface area contributed by atoms with Crippen LogP contribution in [-0.4, -0.2) is 34.1 Å². The Balaban J connectivity index is 1.54. The van der Waals surface area contributed by atoms with E-state index < -0.39 is 23.2 Å². The van der Waals surface area contributed by atoms with Crippen LogP contribution in [0, 0.1) is 0 Å². The van der Waals surface area contributed by atoms with Gasteiger partial charge in [0.25, 0.3) is 5.56 Å². The number of alkyl halides is 3. The summed E-state index contributed by atoms with van der Waals surface area (Å²) >= 11 is 6.74. The van der Waals surface area contributed by atoms with E-state index >= 15 is 0 Å². The van der Waals surface area contributed by atoms with Crippen molar-refractivity contribution in [2.45, 2.75) is 24.2 Å². The zero-order chi connectivity index (χ0) is 25.4. The fraction of sp³-hybridized carbons (Fsp3) is 0.217. The second-order valence-electron chi connectivity index (χ2n) is 7.33. The predicted molar refractivity (Wildman–Crippen MR) is 128 cm³/mol. The third kappa shape index (κ3) is 8.45. The molecule has 0 aliphatic heterocycles. The molecule has 35 heavy (non-hydrogen) atoms. The molecule has 3 rings (SSSR count). The van der Waals surface area contributed by atoms with Crippen LogP contribution < -0.4 is 16.2 Å². The normalized spacial score (nSPS) is 11.2. The van der Waals surface area contributed by atoms with E-state index in [-0.39, 0.29) is 39.6 Å². The summed E-state index contributed by atoms with van der Waals surface area (Å²) in [4.78, 5) is 43.0. The molecular weight excluding hydrogens is 505 g/mol. The van der Waals surface area contributed by atoms with Gasteiger partial charge in [-0.15, -0.1) is 0 Å². The van der Waals surface area contributed by atoms with Crippen LogP contribution in [0.2, 0.25) is 5.02 Å². The highest BCUT2D eigenvalue weighted by Crippen LogP contribution is 2.33. The molecule has 0 spiro atoms. The van der Waals surface area contributed by atoms with Crippen molar-refractivity contribution in [3.05, 3.63) is 86.8 Å². The van der Waals surface area contributed by atoms with Crippen molar-refractivity contribution >= 4 is 40.9 Å². The summed E-state index contributed by atoms with van der Waals surface area (Å²) in [5.74, 6) is -1.22. The minimum absolute atomic E-state index is 0.0526. The molecule has 0 radical (unpaired) electrons. The van der Waals surface area contributed by atoms with Crippen molar-refractivity contribution in [2.24, 2.45) is 0 Å². The lowest BCUT2D eigenvalue weighted by atomic mass is 10.1. The first-order chi connectivity index (χ1) is 16.6. The zero-order valence-corrected chi connectivity index (χ0v) is 19.7. The highest BCUT2D eigenvalue weighted by molar-refractivity contribution is 7.99. The number of thioether (sulfide) groups is 1. The SMILES string of the molecule is O=C(Cc1cc(=O)[nH]c(SCC(=O)Nc2cc(C(F)(F)F)ccc2Cl)n1)NCCc1ccccc1. The molecular formula is C23H20ClF3N4O3S. The fourth-order valence-electron chi connectivity index (χ4n) is 2.98. The van der Waals surface area contributed by atoms with E-state index in [1.165, 1.54) is 6.07 Å². The number of nitrogens with zero attached hydrogens (tertiary/aromatic N) is 1. The highest BCUT2D eigenvalue weighted by Gasteiger charge is 2.31. The lowest BCUT2D eigenvalue weighted by molar-refractivity contribution is -0.137. The van der Waals surface area contributed by atoms with Gasteiger partial charge in [0, 0.05) is 12.6 Å². The van der Waals surface area contributed by atoms with E-state index in [0.717, 1.165) is 35.5 Å². The van der Waals surface area contributed by atoms with E-state index in [1.807, 2.05) is 30.3 Å². The lowest BCUT2D eigenvalue weighted by Gasteiger charge is -2.11. The van der Waals surface area contributed by atoms with Gasteiger partial charge in [-0.25, -0.2) is 4.98 Å². The van der Waals surface area contributed by atoms with Crippen molar-refractivity contribution in [3.8, 4) is 0 Å². The van der Waals surface area contributed by atoms with Gasteiger partial charge >= 0.3 is 6.18 Å². The average molecular weight is 525 g/mol. The number of hydrogen-bond acceptors (Lipinski definition) is 5. The number of aromatic amines is 1. The lowest BCUT2D eigenvalue weighted by Crippen LogP contribution is -2.28. The summed E-state index contributed by atoms with van der Waals surface area (Å²) < 4.78 is 38.7. The number of halogens is 4. The van der Waals surface area contributed by atoms with Gasteiger partial charge in [-0.1, -0.05) is 53.7 Å². The smallest absolute Gasteiger partial charge is 0.355 e. The summed E-state index contributed by atoms with van der Waals surface area (Å²) in [6.45, 7) is 0.423. The molecule has 7 nitrogen and oxygen atoms in total. The van der Waals surface area contributed by atoms with Gasteiger partial charge in [0.1, 0.15) is 0 Å². The minimum Gasteiger partial charge on any atom is -0.355 e. The monoisotopic (exact) mass is 524 g/mol. The van der Waals surface area contributed by atoms with Crippen molar-refractivity contribution in [1.82, 2.24) is 15.3 Å². The Kier molecular flexibility index (Phi) is 8.94. The third-order valence-electron chi connectivity index (χ3n) is 4.60. The summed E-state index contributed by atoms with van der Waals surface area (Å²) in [5.41, 5.74) is -0.351. The highest BCUT2D eigenvalue weighted by atomic mass is 35.5. The molecule has 3 N–H and O–H groups in total. The molecule has 12 heteroatoms. The number of H-pyrrole nitrogens is 1. The molecule has 2 amide bonds. The molecule has 1 aromatic heterocycles. The number of aromatic nitrogens is 2. The van der Waals surface area contributed by atoms with Crippen LogP contribution >= 0.6 is 23.4 Å². The first-order valence-electron chi connectivity index (χ1n) is 10.3. The number of nitrogens with one attached hydrogen (secondary N) is 3. The van der Waals surface area contributed by atoms with Gasteiger partial charge in [0.15, 0.2) is 5.16 Å². The second kappa shape index (κ2) is 11.9. The number of carbonyl (C=O) groups is 2. The molecule has 1 heterocycles. The maximum Gasteiger partial charge on any atom is 0.416 e. The number of benzene rings is 2. The Morgan fingerprint density at radius 2 is 1.80 bits per heavy atom. The van der Waals surface area contributed by atoms with Gasteiger partial charge in [-0.05, 0) is 30.2 Å². The number of rotatable bonds is 9. The minimum atomic E-state index is -4.59. The molecule has 184 valence electrons. The average Bonchev–Trinajstić information content (AvgIpc) is 2.79. The van der Waals surface area contributed by atoms with Gasteiger partial charge in [-0.3, -0.25) is 14.4 Å². The number of carbonyl (C=O) groups excluding carboxylic acids is 2. The topological polar surface area (TPSA) is 104 Å². The maximum absolute atomic E-state index is 12.9. The number of amides is 2. The largest absolute Gasteiger partial charge is 0.416 e. The molecule has 0 bridgehead atoms. The van der Waals surface area contributed by atoms with E-state index in [4.69, 9.17) is 11.6 Å². The third-order valence-corrected chi connectivity index (χ3v) is 5.80. The Morgan fingerprint density at radius 3 is 2.51 bits per heavy atom. The Morgan fingerprint density at radius 1 is 1.06 bits per heavy atom. The molecule has 0 saturated heterocycles. The van der Waals surface area contributed by atoms with Crippen LogP contribution in [0.3, 0.4) is 0 Å². The van der Waals surface area contributed by atoms with E-state index in [9.17, 15) is 27.6 Å². The predicted octanol–water partition coefficient (Wildman–Crippen LogP) is 4.07. The first kappa shape index (κ1) is 26.3. The van der Waals surface area contributed by atoms with Crippen LogP contribution in [0.1, 0.15) is 16.8 Å². The van der Waals surface area contributed by atoms with Crippen LogP contribution in [-0.2, 0) is 28.6 Å². The molecule has 2 aromatic carbocycles. The summed E-state index contributed by atoms with van der Waals surface area (Å²) in [7, 11) is 0. The maximum atomic E-state index is 12.9. The first-order valence-corrected chi connectivity index (χ1v) is 11.7. The molecule has 0 aliphatic carbocycles. The standard InChI is InChI=1S/C23H20ClF3N4O3S/c24-17-7-6-15(23(25,26)27)10-18(17)30-21(34)13-35-22-29-16(12-20(33)31-22)11-19(32)28-9-8-14-4-2-1-3-5-14/h1-7,10,12H,8-9,11,13H2,(H,28,32)(H,30,34)(H,29,31,33). The quantitative estimate of drug-likeness (QED) is 0.289. The van der Waals surface area contributed by atoms with Crippen LogP contribution in [0.4, 0.5) is 18.9 Å². The van der Waals surface area contributed by atoms with Crippen molar-refractivity contribution < 1.29 is 22.8 Å². The van der Waals surface area contributed by atoms with Crippen molar-refractivity contribution in [2.75, 3.05) is 17.6 Å². The van der Waals surface area contributed by atoms with Crippen LogP contribution in [0.25, 0.3) is 0 Å². The Hall–Kier alpha value is -3.31. The Labute approximate surface area is 207 Å². The zero-order valence-electron chi connectivity index (χ0n) is 18.1. The van der Waals surface area contributed by atoms with E-state index in [1.54, 1.807) is 0 Å². The number of anilines is 1. The van der Waals surface area contributed by atoms with Crippen molar-refractivity contribution in [1.29, 1.82) is 0 Å². The molecule has 0 aliphatic rings. The fourth-order valence-corrected chi connectivity index (χ4v) is 3.84. The Bertz CT molecular complexity index is 1250. The van der Waals surface area contributed by atoms with Crippen LogP contribution in [0.5, 0.6) is 0 Å². The molecule has 0 fully saturated rings. The van der Waals surface area contributed by atoms with Gasteiger partial charge in [-0.2, -0.15) is 13.2 Å². The molecule has 0 atom stereocenters. The van der Waals surface area contributed by atoms with Gasteiger partial charge in [0.05, 0.1) is 34.1 Å². The van der Waals surface area contributed by atoms with Crippen LogP contribution in [0.15, 0.2) is 64.5 Å². The summed E-state index contributed by atoms with van der Waals surface area (Å²) in [5, 5.41) is 5.12. The summed E-state index contributed by atoms with van der Waals surface area (Å²) in [6.07, 6.45) is -4.06. The summed E-state index contributed by atoms with van der Waals surface area (Å²) in [6, 6.07) is 13.4. The molecule has 0 unspecified atom stereocenters. The van der Waals surface area contributed by atoms with Gasteiger partial charge < -0.3 is 15.6 Å². The van der Waals surface area contributed by atoms with E-state index in [2.05, 4.69) is 20.6 Å². The molecule has 0 saturated carbocycles. The molecule has 3 aromatic rings. The second-order valence-corrected chi connectivity index (χ2v) is 8.70. The van der Waals surface area contributed by atoms with Crippen molar-refractivity contribution in [3.63, 3.8) is 0 Å². The van der Waals surface area contributed by atoms with Gasteiger partial charge in [0.2, 0.25) is 11.8 Å².